The minimum absolute atomic E-state index is 0.0622. The summed E-state index contributed by atoms with van der Waals surface area (Å²) in [5.41, 5.74) is 0.398. The van der Waals surface area contributed by atoms with E-state index in [9.17, 15) is 19.3 Å². The number of ether oxygens (including phenoxy) is 1. The first-order valence-corrected chi connectivity index (χ1v) is 11.3. The van der Waals surface area contributed by atoms with Crippen molar-refractivity contribution in [2.75, 3.05) is 6.61 Å². The van der Waals surface area contributed by atoms with Gasteiger partial charge in [0.1, 0.15) is 24.2 Å². The number of rotatable bonds is 4. The maximum atomic E-state index is 13.1. The average molecular weight is 536 g/mol. The van der Waals surface area contributed by atoms with Gasteiger partial charge in [-0.15, -0.1) is 0 Å². The van der Waals surface area contributed by atoms with Gasteiger partial charge >= 0.3 is 13.5 Å². The van der Waals surface area contributed by atoms with Crippen molar-refractivity contribution in [1.82, 2.24) is 9.55 Å². The molecule has 0 radical (unpaired) electrons. The minimum Gasteiger partial charge on any atom is -0.403 e. The molecule has 2 aliphatic heterocycles. The van der Waals surface area contributed by atoms with Crippen LogP contribution in [0.15, 0.2) is 34.0 Å². The van der Waals surface area contributed by atoms with Crippen LogP contribution in [0, 0.1) is 10.5 Å². The van der Waals surface area contributed by atoms with E-state index in [2.05, 4.69) is 4.98 Å². The molecule has 2 aliphatic rings. The summed E-state index contributed by atoms with van der Waals surface area (Å²) < 4.78 is 36.8. The SMILES string of the molecule is Cc1cccc2c1OP(=O)(O[C@H]1C[C@H](n3cc(I)c(=O)[nH]c3=O)O[C@@H]1CO)OC2. The Bertz CT molecular complexity index is 1100. The van der Waals surface area contributed by atoms with Crippen molar-refractivity contribution in [3.63, 3.8) is 0 Å². The zero-order valence-electron chi connectivity index (χ0n) is 15.2. The van der Waals surface area contributed by atoms with Crippen molar-refractivity contribution >= 4 is 30.4 Å². The van der Waals surface area contributed by atoms with Crippen LogP contribution in [0.25, 0.3) is 0 Å². The van der Waals surface area contributed by atoms with Crippen LogP contribution in [0.4, 0.5) is 0 Å². The Kier molecular flexibility index (Phi) is 5.70. The molecule has 2 N–H and O–H groups in total. The van der Waals surface area contributed by atoms with E-state index in [1.54, 1.807) is 28.7 Å². The number of phosphoric ester groups is 1. The number of aromatic amines is 1. The first kappa shape index (κ1) is 20.8. The number of nitrogens with zero attached hydrogens (tertiary/aromatic N) is 1. The Balaban J connectivity index is 1.56. The van der Waals surface area contributed by atoms with E-state index in [-0.39, 0.29) is 13.0 Å². The highest BCUT2D eigenvalue weighted by Crippen LogP contribution is 2.57. The Morgan fingerprint density at radius 3 is 2.97 bits per heavy atom. The predicted molar refractivity (Wildman–Crippen MR) is 109 cm³/mol. The van der Waals surface area contributed by atoms with Gasteiger partial charge in [0.05, 0.1) is 16.8 Å². The van der Waals surface area contributed by atoms with Gasteiger partial charge in [0.25, 0.3) is 5.56 Å². The van der Waals surface area contributed by atoms with Crippen LogP contribution in [0.1, 0.15) is 23.8 Å². The van der Waals surface area contributed by atoms with Crippen molar-refractivity contribution in [3.05, 3.63) is 59.9 Å². The second kappa shape index (κ2) is 7.97. The molecule has 0 spiro atoms. The van der Waals surface area contributed by atoms with Crippen LogP contribution in [-0.4, -0.2) is 33.5 Å². The van der Waals surface area contributed by atoms with E-state index in [0.29, 0.717) is 9.32 Å². The van der Waals surface area contributed by atoms with E-state index in [1.807, 2.05) is 19.1 Å². The zero-order chi connectivity index (χ0) is 20.8. The molecule has 1 unspecified atom stereocenters. The maximum Gasteiger partial charge on any atom is 0.530 e. The fraction of sp³-hybridized carbons (Fsp3) is 0.412. The van der Waals surface area contributed by atoms with Crippen molar-refractivity contribution in [1.29, 1.82) is 0 Å². The maximum absolute atomic E-state index is 13.1. The van der Waals surface area contributed by atoms with Gasteiger partial charge in [-0.1, -0.05) is 18.2 Å². The van der Waals surface area contributed by atoms with Gasteiger partial charge in [0.15, 0.2) is 0 Å². The van der Waals surface area contributed by atoms with Gasteiger partial charge in [0, 0.05) is 18.2 Å². The molecule has 156 valence electrons. The summed E-state index contributed by atoms with van der Waals surface area (Å²) in [5, 5.41) is 9.66. The summed E-state index contributed by atoms with van der Waals surface area (Å²) in [6, 6.07) is 5.48. The molecule has 4 rings (SSSR count). The molecule has 0 amide bonds. The van der Waals surface area contributed by atoms with Gasteiger partial charge in [-0.05, 0) is 35.1 Å². The Morgan fingerprint density at radius 1 is 1.41 bits per heavy atom. The van der Waals surface area contributed by atoms with Crippen LogP contribution in [0.2, 0.25) is 0 Å². The van der Waals surface area contributed by atoms with Gasteiger partial charge in [-0.25, -0.2) is 9.36 Å². The van der Waals surface area contributed by atoms with Gasteiger partial charge in [0.2, 0.25) is 0 Å². The lowest BCUT2D eigenvalue weighted by molar-refractivity contribution is -0.0467. The molecule has 29 heavy (non-hydrogen) atoms. The van der Waals surface area contributed by atoms with E-state index < -0.39 is 44.1 Å². The lowest BCUT2D eigenvalue weighted by atomic mass is 10.1. The first-order valence-electron chi connectivity index (χ1n) is 8.78. The highest BCUT2D eigenvalue weighted by molar-refractivity contribution is 14.1. The molecular weight excluding hydrogens is 518 g/mol. The predicted octanol–water partition coefficient (Wildman–Crippen LogP) is 1.83. The Hall–Kier alpha value is -1.50. The number of aromatic nitrogens is 2. The van der Waals surface area contributed by atoms with Gasteiger partial charge < -0.3 is 14.4 Å². The van der Waals surface area contributed by atoms with Crippen LogP contribution in [0.3, 0.4) is 0 Å². The Labute approximate surface area is 178 Å². The number of nitrogens with one attached hydrogen (secondary N) is 1. The average Bonchev–Trinajstić information content (AvgIpc) is 3.07. The zero-order valence-corrected chi connectivity index (χ0v) is 18.3. The number of aryl methyl sites for hydroxylation is 1. The van der Waals surface area contributed by atoms with Crippen molar-refractivity contribution in [3.8, 4) is 5.75 Å². The molecule has 3 heterocycles. The highest BCUT2D eigenvalue weighted by Gasteiger charge is 2.45. The number of fused-ring (bicyclic) bond motifs is 1. The molecule has 2 aromatic rings. The number of benzene rings is 1. The number of phosphoric acid groups is 1. The van der Waals surface area contributed by atoms with Crippen LogP contribution >= 0.6 is 30.4 Å². The summed E-state index contributed by atoms with van der Waals surface area (Å²) in [7, 11) is -3.96. The summed E-state index contributed by atoms with van der Waals surface area (Å²) in [5.74, 6) is 0.449. The Morgan fingerprint density at radius 2 is 2.21 bits per heavy atom. The second-order valence-corrected chi connectivity index (χ2v) is 9.42. The third kappa shape index (κ3) is 4.07. The molecule has 1 aromatic carbocycles. The molecular formula is C17H18IN2O8P. The number of aliphatic hydroxyl groups excluding tert-OH is 1. The molecule has 1 aromatic heterocycles. The smallest absolute Gasteiger partial charge is 0.403 e. The van der Waals surface area contributed by atoms with E-state index in [0.717, 1.165) is 11.1 Å². The molecule has 12 heteroatoms. The fourth-order valence-corrected chi connectivity index (χ4v) is 5.21. The number of aliphatic hydroxyl groups is 1. The number of hydrogen-bond acceptors (Lipinski definition) is 8. The largest absolute Gasteiger partial charge is 0.530 e. The lowest BCUT2D eigenvalue weighted by Gasteiger charge is -2.28. The summed E-state index contributed by atoms with van der Waals surface area (Å²) in [4.78, 5) is 25.9. The molecule has 0 bridgehead atoms. The number of H-pyrrole nitrogens is 1. The number of para-hydroxylation sites is 1. The molecule has 0 aliphatic carbocycles. The molecule has 10 nitrogen and oxygen atoms in total. The van der Waals surface area contributed by atoms with E-state index in [4.69, 9.17) is 18.3 Å². The highest BCUT2D eigenvalue weighted by atomic mass is 127. The number of hydrogen-bond donors (Lipinski definition) is 2. The monoisotopic (exact) mass is 536 g/mol. The number of halogens is 1. The summed E-state index contributed by atoms with van der Waals surface area (Å²) in [6.07, 6.45) is -1.06. The topological polar surface area (TPSA) is 129 Å². The van der Waals surface area contributed by atoms with E-state index >= 15 is 0 Å². The normalized spacial score (nSPS) is 28.7. The fourth-order valence-electron chi connectivity index (χ4n) is 3.28. The molecule has 1 fully saturated rings. The standard InChI is InChI=1S/C17H18IN2O8P/c1-9-3-2-4-10-8-25-29(24,28-15(9)10)27-12-5-14(26-13(12)7-21)20-6-11(18)16(22)19-17(20)23/h2-4,6,12-14,21H,5,7-8H2,1H3,(H,19,22,23)/t12-,13+,14+,29?/m0/s1. The molecule has 1 saturated heterocycles. The van der Waals surface area contributed by atoms with Crippen LogP contribution in [-0.2, 0) is 25.0 Å². The van der Waals surface area contributed by atoms with Crippen molar-refractivity contribution < 1.29 is 28.0 Å². The van der Waals surface area contributed by atoms with Crippen molar-refractivity contribution in [2.45, 2.75) is 38.4 Å². The first-order chi connectivity index (χ1) is 13.8. The second-order valence-electron chi connectivity index (χ2n) is 6.71. The quantitative estimate of drug-likeness (QED) is 0.448. The third-order valence-corrected chi connectivity index (χ3v) is 6.88. The molecule has 4 atom stereocenters. The van der Waals surface area contributed by atoms with Gasteiger partial charge in [-0.2, -0.15) is 0 Å². The molecule has 0 saturated carbocycles. The summed E-state index contributed by atoms with van der Waals surface area (Å²) in [6.45, 7) is 1.46. The van der Waals surface area contributed by atoms with Crippen LogP contribution in [0.5, 0.6) is 5.75 Å². The third-order valence-electron chi connectivity index (χ3n) is 4.73. The van der Waals surface area contributed by atoms with Gasteiger partial charge in [-0.3, -0.25) is 23.4 Å². The summed E-state index contributed by atoms with van der Waals surface area (Å²) >= 11 is 1.80. The van der Waals surface area contributed by atoms with Crippen molar-refractivity contribution in [2.24, 2.45) is 0 Å². The van der Waals surface area contributed by atoms with Crippen LogP contribution < -0.4 is 15.8 Å². The van der Waals surface area contributed by atoms with E-state index in [1.165, 1.54) is 10.8 Å². The minimum atomic E-state index is -3.96. The lowest BCUT2D eigenvalue weighted by Crippen LogP contribution is -2.33.